The van der Waals surface area contributed by atoms with Crippen molar-refractivity contribution >= 4 is 0 Å². The smallest absolute Gasteiger partial charge is 0.0237 e. The lowest BCUT2D eigenvalue weighted by Crippen LogP contribution is -2.40. The standard InChI is InChI=1S/C19H30N2/c1-4-16(5-2)19-18-14-20(3)12-17(18)13-21(19)11-15-9-7-6-8-10-15/h6-10,16-19H,4-5,11-14H2,1-3H3/t17-,18+,19-/m1/s1. The Kier molecular flexibility index (Phi) is 4.66. The van der Waals surface area contributed by atoms with Gasteiger partial charge >= 0.3 is 0 Å². The lowest BCUT2D eigenvalue weighted by molar-refractivity contribution is 0.134. The molecule has 2 aliphatic rings. The van der Waals surface area contributed by atoms with Crippen LogP contribution in [0.1, 0.15) is 32.3 Å². The molecule has 0 spiro atoms. The summed E-state index contributed by atoms with van der Waals surface area (Å²) in [5, 5.41) is 0. The average molecular weight is 286 g/mol. The van der Waals surface area contributed by atoms with E-state index in [1.54, 1.807) is 0 Å². The van der Waals surface area contributed by atoms with Gasteiger partial charge in [0, 0.05) is 32.2 Å². The summed E-state index contributed by atoms with van der Waals surface area (Å²) in [7, 11) is 2.30. The molecule has 3 atom stereocenters. The molecule has 0 unspecified atom stereocenters. The third-order valence-electron chi connectivity index (χ3n) is 5.76. The van der Waals surface area contributed by atoms with Crippen LogP contribution in [0.3, 0.4) is 0 Å². The first kappa shape index (κ1) is 15.1. The van der Waals surface area contributed by atoms with Gasteiger partial charge in [0.2, 0.25) is 0 Å². The Labute approximate surface area is 130 Å². The zero-order valence-electron chi connectivity index (χ0n) is 13.8. The van der Waals surface area contributed by atoms with Crippen LogP contribution in [-0.2, 0) is 6.54 Å². The predicted octanol–water partition coefficient (Wildman–Crippen LogP) is 3.48. The fourth-order valence-corrected chi connectivity index (χ4v) is 4.80. The van der Waals surface area contributed by atoms with E-state index in [2.05, 4.69) is 61.0 Å². The van der Waals surface area contributed by atoms with Gasteiger partial charge in [0.15, 0.2) is 0 Å². The van der Waals surface area contributed by atoms with Crippen LogP contribution in [0.2, 0.25) is 0 Å². The van der Waals surface area contributed by atoms with Gasteiger partial charge < -0.3 is 4.90 Å². The molecule has 2 heterocycles. The molecule has 2 fully saturated rings. The molecule has 0 bridgehead atoms. The number of benzene rings is 1. The maximum Gasteiger partial charge on any atom is 0.0237 e. The van der Waals surface area contributed by atoms with E-state index in [1.165, 1.54) is 38.0 Å². The van der Waals surface area contributed by atoms with Crippen LogP contribution < -0.4 is 0 Å². The highest BCUT2D eigenvalue weighted by atomic mass is 15.2. The van der Waals surface area contributed by atoms with Crippen LogP contribution in [0.4, 0.5) is 0 Å². The quantitative estimate of drug-likeness (QED) is 0.817. The van der Waals surface area contributed by atoms with E-state index in [-0.39, 0.29) is 0 Å². The summed E-state index contributed by atoms with van der Waals surface area (Å²) >= 11 is 0. The number of hydrogen-bond acceptors (Lipinski definition) is 2. The van der Waals surface area contributed by atoms with Gasteiger partial charge in [0.1, 0.15) is 0 Å². The van der Waals surface area contributed by atoms with Gasteiger partial charge in [-0.3, -0.25) is 4.90 Å². The molecule has 1 aromatic rings. The predicted molar refractivity (Wildman–Crippen MR) is 89.2 cm³/mol. The van der Waals surface area contributed by atoms with Crippen molar-refractivity contribution in [2.45, 2.75) is 39.3 Å². The summed E-state index contributed by atoms with van der Waals surface area (Å²) in [6, 6.07) is 11.8. The zero-order valence-corrected chi connectivity index (χ0v) is 13.8. The summed E-state index contributed by atoms with van der Waals surface area (Å²) in [6.07, 6.45) is 2.64. The molecular weight excluding hydrogens is 256 g/mol. The largest absolute Gasteiger partial charge is 0.306 e. The highest BCUT2D eigenvalue weighted by molar-refractivity contribution is 5.15. The Morgan fingerprint density at radius 3 is 2.43 bits per heavy atom. The van der Waals surface area contributed by atoms with E-state index < -0.39 is 0 Å². The number of rotatable bonds is 5. The van der Waals surface area contributed by atoms with Crippen molar-refractivity contribution in [1.29, 1.82) is 0 Å². The van der Waals surface area contributed by atoms with E-state index >= 15 is 0 Å². The molecule has 2 aliphatic heterocycles. The van der Waals surface area contributed by atoms with Crippen molar-refractivity contribution in [2.24, 2.45) is 17.8 Å². The third-order valence-corrected chi connectivity index (χ3v) is 5.76. The van der Waals surface area contributed by atoms with E-state index in [0.29, 0.717) is 0 Å². The Balaban J connectivity index is 1.78. The fraction of sp³-hybridized carbons (Fsp3) is 0.684. The summed E-state index contributed by atoms with van der Waals surface area (Å²) in [4.78, 5) is 5.35. The maximum absolute atomic E-state index is 2.80. The van der Waals surface area contributed by atoms with Gasteiger partial charge in [-0.05, 0) is 30.4 Å². The molecule has 3 rings (SSSR count). The Morgan fingerprint density at radius 1 is 1.05 bits per heavy atom. The maximum atomic E-state index is 2.80. The van der Waals surface area contributed by atoms with Crippen molar-refractivity contribution in [2.75, 3.05) is 26.7 Å². The van der Waals surface area contributed by atoms with Crippen molar-refractivity contribution in [3.05, 3.63) is 35.9 Å². The number of fused-ring (bicyclic) bond motifs is 1. The molecule has 0 aliphatic carbocycles. The molecule has 2 nitrogen and oxygen atoms in total. The van der Waals surface area contributed by atoms with Crippen molar-refractivity contribution in [3.8, 4) is 0 Å². The Morgan fingerprint density at radius 2 is 1.76 bits per heavy atom. The lowest BCUT2D eigenvalue weighted by Gasteiger charge is -2.34. The minimum absolute atomic E-state index is 0.787. The summed E-state index contributed by atoms with van der Waals surface area (Å²) in [5.74, 6) is 2.64. The fourth-order valence-electron chi connectivity index (χ4n) is 4.80. The monoisotopic (exact) mass is 286 g/mol. The highest BCUT2D eigenvalue weighted by Gasteiger charge is 2.47. The van der Waals surface area contributed by atoms with Crippen molar-refractivity contribution < 1.29 is 0 Å². The number of nitrogens with zero attached hydrogens (tertiary/aromatic N) is 2. The van der Waals surface area contributed by atoms with Gasteiger partial charge in [-0.2, -0.15) is 0 Å². The third kappa shape index (κ3) is 3.02. The second-order valence-electron chi connectivity index (χ2n) is 7.13. The van der Waals surface area contributed by atoms with E-state index in [1.807, 2.05) is 0 Å². The first-order chi connectivity index (χ1) is 10.2. The van der Waals surface area contributed by atoms with E-state index in [4.69, 9.17) is 0 Å². The summed E-state index contributed by atoms with van der Waals surface area (Å²) < 4.78 is 0. The molecule has 0 radical (unpaired) electrons. The molecule has 0 aromatic heterocycles. The Hall–Kier alpha value is -0.860. The van der Waals surface area contributed by atoms with E-state index in [0.717, 1.165) is 30.3 Å². The summed E-state index contributed by atoms with van der Waals surface area (Å²) in [5.41, 5.74) is 1.47. The Bertz CT molecular complexity index is 440. The van der Waals surface area contributed by atoms with Crippen molar-refractivity contribution in [1.82, 2.24) is 9.80 Å². The minimum atomic E-state index is 0.787. The molecular formula is C19H30N2. The first-order valence-electron chi connectivity index (χ1n) is 8.69. The molecule has 0 saturated carbocycles. The molecule has 1 aromatic carbocycles. The van der Waals surface area contributed by atoms with Crippen molar-refractivity contribution in [3.63, 3.8) is 0 Å². The molecule has 2 saturated heterocycles. The van der Waals surface area contributed by atoms with Gasteiger partial charge in [0.25, 0.3) is 0 Å². The van der Waals surface area contributed by atoms with Crippen LogP contribution in [0, 0.1) is 17.8 Å². The second-order valence-corrected chi connectivity index (χ2v) is 7.13. The second kappa shape index (κ2) is 6.50. The zero-order chi connectivity index (χ0) is 14.8. The van der Waals surface area contributed by atoms with Crippen LogP contribution in [-0.4, -0.2) is 42.5 Å². The van der Waals surface area contributed by atoms with Crippen LogP contribution >= 0.6 is 0 Å². The number of likely N-dealkylation sites (tertiary alicyclic amines) is 2. The van der Waals surface area contributed by atoms with Crippen LogP contribution in [0.5, 0.6) is 0 Å². The lowest BCUT2D eigenvalue weighted by atomic mass is 9.83. The van der Waals surface area contributed by atoms with Crippen LogP contribution in [0.15, 0.2) is 30.3 Å². The molecule has 21 heavy (non-hydrogen) atoms. The van der Waals surface area contributed by atoms with Gasteiger partial charge in [0.05, 0.1) is 0 Å². The first-order valence-corrected chi connectivity index (χ1v) is 8.69. The van der Waals surface area contributed by atoms with Gasteiger partial charge in [-0.25, -0.2) is 0 Å². The molecule has 0 amide bonds. The SMILES string of the molecule is CCC(CC)[C@@H]1[C@H]2CN(C)C[C@@H]2CN1Cc1ccccc1. The highest BCUT2D eigenvalue weighted by Crippen LogP contribution is 2.41. The molecule has 116 valence electrons. The number of hydrogen-bond donors (Lipinski definition) is 0. The van der Waals surface area contributed by atoms with E-state index in [9.17, 15) is 0 Å². The van der Waals surface area contributed by atoms with Gasteiger partial charge in [-0.15, -0.1) is 0 Å². The topological polar surface area (TPSA) is 6.48 Å². The normalized spacial score (nSPS) is 30.2. The van der Waals surface area contributed by atoms with Gasteiger partial charge in [-0.1, -0.05) is 57.0 Å². The average Bonchev–Trinajstić information content (AvgIpc) is 2.99. The van der Waals surface area contributed by atoms with Crippen LogP contribution in [0.25, 0.3) is 0 Å². The molecule has 0 N–H and O–H groups in total. The summed E-state index contributed by atoms with van der Waals surface area (Å²) in [6.45, 7) is 9.79. The molecule has 2 heteroatoms. The minimum Gasteiger partial charge on any atom is -0.306 e.